The number of nitrogens with zero attached hydrogens (tertiary/aromatic N) is 4. The number of pyridine rings is 1. The smallest absolute Gasteiger partial charge is 0.249 e. The van der Waals surface area contributed by atoms with E-state index >= 15 is 0 Å². The molecule has 3 aliphatic rings. The van der Waals surface area contributed by atoms with Gasteiger partial charge in [-0.1, -0.05) is 6.07 Å². The molecule has 10 heteroatoms. The van der Waals surface area contributed by atoms with Crippen molar-refractivity contribution in [3.05, 3.63) is 42.1 Å². The lowest BCUT2D eigenvalue weighted by Gasteiger charge is -2.48. The Hall–Kier alpha value is -3.43. The van der Waals surface area contributed by atoms with Gasteiger partial charge in [-0.2, -0.15) is 5.10 Å². The average Bonchev–Trinajstić information content (AvgIpc) is 3.36. The zero-order valence-electron chi connectivity index (χ0n) is 18.2. The Balaban J connectivity index is 1.36. The van der Waals surface area contributed by atoms with E-state index < -0.39 is 22.8 Å². The molecule has 0 radical (unpaired) electrons. The number of carbonyl (C=O) groups excluding carboxylic acids is 4. The fourth-order valence-corrected chi connectivity index (χ4v) is 5.42. The van der Waals surface area contributed by atoms with Crippen molar-refractivity contribution in [2.24, 2.45) is 5.41 Å². The lowest BCUT2D eigenvalue weighted by molar-refractivity contribution is -0.157. The second-order valence-corrected chi connectivity index (χ2v) is 9.22. The third-order valence-corrected chi connectivity index (χ3v) is 7.47. The van der Waals surface area contributed by atoms with Crippen LogP contribution in [-0.4, -0.2) is 55.1 Å². The maximum Gasteiger partial charge on any atom is 0.249 e. The molecule has 2 saturated carbocycles. The Bertz CT molecular complexity index is 1130. The Kier molecular flexibility index (Phi) is 4.91. The molecule has 9 nitrogen and oxygen atoms in total. The summed E-state index contributed by atoms with van der Waals surface area (Å²) in [6.07, 6.45) is 5.52. The Morgan fingerprint density at radius 1 is 1.03 bits per heavy atom. The topological polar surface area (TPSA) is 114 Å². The number of piperazine rings is 1. The molecular weight excluding hydrogens is 429 g/mol. The molecule has 1 atom stereocenters. The van der Waals surface area contributed by atoms with Crippen LogP contribution in [-0.2, 0) is 19.2 Å². The number of ketones is 2. The Morgan fingerprint density at radius 2 is 1.73 bits per heavy atom. The molecule has 3 fully saturated rings. The molecule has 33 heavy (non-hydrogen) atoms. The lowest BCUT2D eigenvalue weighted by Crippen LogP contribution is -2.68. The molecule has 1 saturated heterocycles. The standard InChI is InChI=1S/C23H24FN5O4/c1-14(15-2-5-19(25-10-15)29-12-16(24)11-26-29)28-13-20(32)27-23(21(28)33)8-6-22(7-9-23)17(30)3-4-18(22)31/h2,5,10-12,14H,3-4,6-9,13H2,1H3,(H,27,32)/t14-/m0/s1. The molecule has 0 bridgehead atoms. The van der Waals surface area contributed by atoms with E-state index in [9.17, 15) is 23.6 Å². The largest absolute Gasteiger partial charge is 0.340 e. The number of nitrogens with one attached hydrogen (secondary N) is 1. The van der Waals surface area contributed by atoms with E-state index in [-0.39, 0.29) is 68.5 Å². The van der Waals surface area contributed by atoms with Gasteiger partial charge in [-0.25, -0.2) is 14.1 Å². The minimum Gasteiger partial charge on any atom is -0.340 e. The highest BCUT2D eigenvalue weighted by Gasteiger charge is 2.58. The average molecular weight is 453 g/mol. The van der Waals surface area contributed by atoms with Crippen LogP contribution in [0.2, 0.25) is 0 Å². The molecule has 2 aliphatic carbocycles. The summed E-state index contributed by atoms with van der Waals surface area (Å²) in [6, 6.07) is 3.01. The van der Waals surface area contributed by atoms with E-state index in [1.165, 1.54) is 15.8 Å². The van der Waals surface area contributed by atoms with Gasteiger partial charge in [0.15, 0.2) is 11.6 Å². The number of hydrogen-bond acceptors (Lipinski definition) is 6. The molecule has 3 heterocycles. The van der Waals surface area contributed by atoms with Crippen LogP contribution in [0.4, 0.5) is 4.39 Å². The first-order valence-electron chi connectivity index (χ1n) is 11.1. The van der Waals surface area contributed by atoms with E-state index in [4.69, 9.17) is 0 Å². The minimum absolute atomic E-state index is 0.0367. The van der Waals surface area contributed by atoms with Gasteiger partial charge in [0, 0.05) is 19.0 Å². The van der Waals surface area contributed by atoms with Crippen LogP contribution in [0.15, 0.2) is 30.7 Å². The highest BCUT2D eigenvalue weighted by atomic mass is 19.1. The molecule has 2 aromatic heterocycles. The summed E-state index contributed by atoms with van der Waals surface area (Å²) in [4.78, 5) is 56.9. The molecule has 1 N–H and O–H groups in total. The van der Waals surface area contributed by atoms with Crippen molar-refractivity contribution in [2.45, 2.75) is 57.0 Å². The summed E-state index contributed by atoms with van der Waals surface area (Å²) >= 11 is 0. The number of halogens is 1. The third kappa shape index (κ3) is 3.35. The van der Waals surface area contributed by atoms with Crippen molar-refractivity contribution in [3.8, 4) is 5.82 Å². The highest BCUT2D eigenvalue weighted by Crippen LogP contribution is 2.48. The van der Waals surface area contributed by atoms with Gasteiger partial charge in [0.2, 0.25) is 11.8 Å². The van der Waals surface area contributed by atoms with Crippen LogP contribution in [0.5, 0.6) is 0 Å². The molecule has 1 aliphatic heterocycles. The van der Waals surface area contributed by atoms with E-state index in [2.05, 4.69) is 15.4 Å². The van der Waals surface area contributed by atoms with Gasteiger partial charge in [0.1, 0.15) is 23.7 Å². The predicted octanol–water partition coefficient (Wildman–Crippen LogP) is 1.66. The maximum absolute atomic E-state index is 13.6. The van der Waals surface area contributed by atoms with E-state index in [1.54, 1.807) is 18.3 Å². The number of hydrogen-bond donors (Lipinski definition) is 1. The minimum atomic E-state index is -1.10. The molecule has 2 spiro atoms. The van der Waals surface area contributed by atoms with Gasteiger partial charge < -0.3 is 10.2 Å². The van der Waals surface area contributed by atoms with Crippen molar-refractivity contribution >= 4 is 23.4 Å². The zero-order valence-corrected chi connectivity index (χ0v) is 18.2. The van der Waals surface area contributed by atoms with Crippen LogP contribution < -0.4 is 5.32 Å². The second-order valence-electron chi connectivity index (χ2n) is 9.22. The fraction of sp³-hybridized carbons (Fsp3) is 0.478. The normalized spacial score (nSPS) is 22.8. The number of amides is 2. The summed E-state index contributed by atoms with van der Waals surface area (Å²) in [5, 5.41) is 6.76. The molecule has 172 valence electrons. The van der Waals surface area contributed by atoms with Crippen molar-refractivity contribution in [1.29, 1.82) is 0 Å². The molecule has 0 unspecified atom stereocenters. The number of carbonyl (C=O) groups is 4. The molecule has 2 amide bonds. The number of aromatic nitrogens is 3. The summed E-state index contributed by atoms with van der Waals surface area (Å²) < 4.78 is 14.5. The first-order valence-corrected chi connectivity index (χ1v) is 11.1. The van der Waals surface area contributed by atoms with Crippen molar-refractivity contribution < 1.29 is 23.6 Å². The van der Waals surface area contributed by atoms with Crippen LogP contribution in [0, 0.1) is 11.2 Å². The van der Waals surface area contributed by atoms with Crippen molar-refractivity contribution in [2.75, 3.05) is 6.54 Å². The molecule has 0 aromatic carbocycles. The van der Waals surface area contributed by atoms with Gasteiger partial charge in [-0.05, 0) is 44.2 Å². The Labute approximate surface area is 189 Å². The van der Waals surface area contributed by atoms with Crippen LogP contribution >= 0.6 is 0 Å². The number of rotatable bonds is 3. The Morgan fingerprint density at radius 3 is 2.30 bits per heavy atom. The predicted molar refractivity (Wildman–Crippen MR) is 112 cm³/mol. The van der Waals surface area contributed by atoms with Crippen LogP contribution in [0.3, 0.4) is 0 Å². The first kappa shape index (κ1) is 21.4. The summed E-state index contributed by atoms with van der Waals surface area (Å²) in [7, 11) is 0. The van der Waals surface area contributed by atoms with Gasteiger partial charge in [-0.3, -0.25) is 19.2 Å². The zero-order chi connectivity index (χ0) is 23.4. The van der Waals surface area contributed by atoms with E-state index in [0.29, 0.717) is 5.82 Å². The highest BCUT2D eigenvalue weighted by molar-refractivity contribution is 6.13. The summed E-state index contributed by atoms with van der Waals surface area (Å²) in [5.41, 5.74) is -1.36. The summed E-state index contributed by atoms with van der Waals surface area (Å²) in [5.74, 6) is -0.591. The van der Waals surface area contributed by atoms with Gasteiger partial charge in [0.25, 0.3) is 0 Å². The van der Waals surface area contributed by atoms with Crippen molar-refractivity contribution in [3.63, 3.8) is 0 Å². The first-order chi connectivity index (χ1) is 15.7. The molecule has 2 aromatic rings. The lowest BCUT2D eigenvalue weighted by atomic mass is 9.64. The SMILES string of the molecule is C[C@@H](c1ccc(-n2cc(F)cn2)nc1)N1CC(=O)NC2(CCC3(CC2)C(=O)CCC3=O)C1=O. The number of Topliss-reactive ketones (excluding diaryl/α,β-unsaturated/α-hetero) is 2. The maximum atomic E-state index is 13.6. The van der Waals surface area contributed by atoms with Gasteiger partial charge in [0.05, 0.1) is 23.9 Å². The molecule has 5 rings (SSSR count). The monoisotopic (exact) mass is 453 g/mol. The van der Waals surface area contributed by atoms with Gasteiger partial charge in [-0.15, -0.1) is 0 Å². The quantitative estimate of drug-likeness (QED) is 0.707. The third-order valence-electron chi connectivity index (χ3n) is 7.47. The fourth-order valence-electron chi connectivity index (χ4n) is 5.42. The van der Waals surface area contributed by atoms with E-state index in [0.717, 1.165) is 11.8 Å². The second kappa shape index (κ2) is 7.57. The van der Waals surface area contributed by atoms with Crippen LogP contribution in [0.1, 0.15) is 57.1 Å². The van der Waals surface area contributed by atoms with Gasteiger partial charge >= 0.3 is 0 Å². The van der Waals surface area contributed by atoms with Crippen LogP contribution in [0.25, 0.3) is 5.82 Å². The molecular formula is C23H24FN5O4. The van der Waals surface area contributed by atoms with E-state index in [1.807, 2.05) is 6.92 Å². The summed E-state index contributed by atoms with van der Waals surface area (Å²) in [6.45, 7) is 1.74. The van der Waals surface area contributed by atoms with Crippen molar-refractivity contribution in [1.82, 2.24) is 25.0 Å².